The van der Waals surface area contributed by atoms with Gasteiger partial charge in [-0.15, -0.1) is 0 Å². The van der Waals surface area contributed by atoms with Gasteiger partial charge in [0.15, 0.2) is 16.4 Å². The number of rotatable bonds is 6. The molecule has 0 radical (unpaired) electrons. The zero-order valence-electron chi connectivity index (χ0n) is 17.3. The molecule has 2 atom stereocenters. The molecule has 2 aliphatic rings. The van der Waals surface area contributed by atoms with Crippen LogP contribution in [0.25, 0.3) is 0 Å². The van der Waals surface area contributed by atoms with Crippen molar-refractivity contribution in [2.45, 2.75) is 35.8 Å². The Morgan fingerprint density at radius 3 is 2.58 bits per heavy atom. The first kappa shape index (κ1) is 23.4. The van der Waals surface area contributed by atoms with Crippen LogP contribution < -0.4 is 4.74 Å². The number of hydrogen-bond acceptors (Lipinski definition) is 7. The van der Waals surface area contributed by atoms with E-state index >= 15 is 0 Å². The minimum atomic E-state index is -4.67. The van der Waals surface area contributed by atoms with Crippen molar-refractivity contribution in [3.63, 3.8) is 0 Å². The van der Waals surface area contributed by atoms with E-state index in [0.29, 0.717) is 13.3 Å². The molecule has 1 amide bonds. The third kappa shape index (κ3) is 4.52. The van der Waals surface area contributed by atoms with Crippen LogP contribution in [-0.2, 0) is 21.2 Å². The van der Waals surface area contributed by atoms with Crippen molar-refractivity contribution in [2.75, 3.05) is 26.0 Å². The number of carbonyl (C=O) groups excluding carboxylic acids is 1. The van der Waals surface area contributed by atoms with E-state index in [1.807, 2.05) is 0 Å². The van der Waals surface area contributed by atoms with E-state index in [2.05, 4.69) is 10.1 Å². The van der Waals surface area contributed by atoms with Gasteiger partial charge in [0, 0.05) is 26.3 Å². The second kappa shape index (κ2) is 7.37. The van der Waals surface area contributed by atoms with Crippen molar-refractivity contribution in [2.24, 2.45) is 5.92 Å². The number of ether oxygens (including phenoxy) is 1. The zero-order valence-corrected chi connectivity index (χ0v) is 18.1. The summed E-state index contributed by atoms with van der Waals surface area (Å²) in [6.07, 6.45) is -3.27. The molecule has 33 heavy (non-hydrogen) atoms. The summed E-state index contributed by atoms with van der Waals surface area (Å²) in [5.41, 5.74) is -1.18. The molecule has 2 aromatic rings. The molecule has 0 bridgehead atoms. The molecule has 8 nitrogen and oxygen atoms in total. The van der Waals surface area contributed by atoms with Crippen LogP contribution in [0.3, 0.4) is 0 Å². The molecule has 4 rings (SSSR count). The summed E-state index contributed by atoms with van der Waals surface area (Å²) in [6, 6.07) is 3.00. The van der Waals surface area contributed by atoms with Gasteiger partial charge in [-0.3, -0.25) is 4.79 Å². The lowest BCUT2D eigenvalue weighted by atomic mass is 10.1. The van der Waals surface area contributed by atoms with Gasteiger partial charge in [-0.25, -0.2) is 8.42 Å². The second-order valence-electron chi connectivity index (χ2n) is 8.39. The summed E-state index contributed by atoms with van der Waals surface area (Å²) >= 11 is 0. The topological polar surface area (TPSA) is 103 Å². The number of amides is 1. The molecular weight excluding hydrogens is 477 g/mol. The number of likely N-dealkylation sites (tertiary alicyclic amines) is 1. The number of hydrogen-bond donors (Lipinski definition) is 0. The molecule has 2 heterocycles. The van der Waals surface area contributed by atoms with E-state index in [1.165, 1.54) is 4.90 Å². The Bertz CT molecular complexity index is 1210. The molecule has 1 aromatic heterocycles. The van der Waals surface area contributed by atoms with Crippen molar-refractivity contribution < 1.29 is 44.4 Å². The summed E-state index contributed by atoms with van der Waals surface area (Å²) in [5.74, 6) is -5.50. The maximum Gasteiger partial charge on any atom is 0.422 e. The number of aromatic nitrogens is 2. The van der Waals surface area contributed by atoms with Gasteiger partial charge in [0.05, 0.1) is 15.9 Å². The summed E-state index contributed by atoms with van der Waals surface area (Å²) in [7, 11) is -3.76. The number of nitrogens with zero attached hydrogens (tertiary/aromatic N) is 3. The van der Waals surface area contributed by atoms with Crippen LogP contribution in [0.5, 0.6) is 5.75 Å². The highest BCUT2D eigenvalue weighted by molar-refractivity contribution is 7.90. The summed E-state index contributed by atoms with van der Waals surface area (Å²) in [4.78, 5) is 17.9. The number of halogens is 5. The highest BCUT2D eigenvalue weighted by atomic mass is 32.2. The van der Waals surface area contributed by atoms with E-state index in [0.717, 1.165) is 24.5 Å². The van der Waals surface area contributed by atoms with E-state index < -0.39 is 51.4 Å². The van der Waals surface area contributed by atoms with Crippen LogP contribution in [-0.4, -0.2) is 61.5 Å². The van der Waals surface area contributed by atoms with Crippen LogP contribution in [0.4, 0.5) is 22.0 Å². The maximum absolute atomic E-state index is 13.5. The Morgan fingerprint density at radius 1 is 1.30 bits per heavy atom. The molecule has 14 heteroatoms. The predicted molar refractivity (Wildman–Crippen MR) is 101 cm³/mol. The van der Waals surface area contributed by atoms with Crippen molar-refractivity contribution in [1.29, 1.82) is 0 Å². The summed E-state index contributed by atoms with van der Waals surface area (Å²) < 4.78 is 98.4. The maximum atomic E-state index is 13.5. The number of alkyl halides is 5. The van der Waals surface area contributed by atoms with E-state index in [1.54, 1.807) is 0 Å². The normalized spacial score (nSPS) is 22.9. The van der Waals surface area contributed by atoms with Gasteiger partial charge in [0.2, 0.25) is 11.7 Å². The lowest BCUT2D eigenvalue weighted by molar-refractivity contribution is -0.153. The minimum absolute atomic E-state index is 0.00473. The average Bonchev–Trinajstić information content (AvgIpc) is 3.07. The van der Waals surface area contributed by atoms with Gasteiger partial charge in [-0.1, -0.05) is 5.16 Å². The SMILES string of the molecule is CC(F)(F)c1noc(C23CC2CN(C(=O)c2cc(S(C)(=O)=O)ccc2OCC(F)(F)F)C3)n1. The monoisotopic (exact) mass is 495 g/mol. The zero-order chi connectivity index (χ0) is 24.4. The van der Waals surface area contributed by atoms with E-state index in [-0.39, 0.29) is 35.4 Å². The molecule has 1 aromatic carbocycles. The molecule has 1 aliphatic heterocycles. The molecule has 2 unspecified atom stereocenters. The quantitative estimate of drug-likeness (QED) is 0.568. The van der Waals surface area contributed by atoms with Gasteiger partial charge < -0.3 is 14.2 Å². The number of fused-ring (bicyclic) bond motifs is 1. The fourth-order valence-corrected chi connectivity index (χ4v) is 4.58. The van der Waals surface area contributed by atoms with Crippen LogP contribution in [0, 0.1) is 5.92 Å². The number of carbonyl (C=O) groups is 1. The van der Waals surface area contributed by atoms with Gasteiger partial charge in [0.25, 0.3) is 5.91 Å². The van der Waals surface area contributed by atoms with Gasteiger partial charge >= 0.3 is 12.1 Å². The lowest BCUT2D eigenvalue weighted by Crippen LogP contribution is -2.33. The summed E-state index contributed by atoms with van der Waals surface area (Å²) in [5, 5.41) is 3.30. The lowest BCUT2D eigenvalue weighted by Gasteiger charge is -2.22. The molecule has 1 saturated heterocycles. The fraction of sp³-hybridized carbons (Fsp3) is 0.526. The van der Waals surface area contributed by atoms with Crippen LogP contribution in [0.15, 0.2) is 27.6 Å². The average molecular weight is 495 g/mol. The Labute approximate surface area is 184 Å². The van der Waals surface area contributed by atoms with Gasteiger partial charge in [0.1, 0.15) is 5.75 Å². The molecule has 1 aliphatic carbocycles. The number of piperidine rings is 1. The van der Waals surface area contributed by atoms with Gasteiger partial charge in [-0.05, 0) is 30.5 Å². The van der Waals surface area contributed by atoms with E-state index in [9.17, 15) is 35.2 Å². The van der Waals surface area contributed by atoms with Crippen molar-refractivity contribution in [3.8, 4) is 5.75 Å². The van der Waals surface area contributed by atoms with Crippen LogP contribution >= 0.6 is 0 Å². The first-order valence-electron chi connectivity index (χ1n) is 9.65. The largest absolute Gasteiger partial charge is 0.483 e. The summed E-state index contributed by atoms with van der Waals surface area (Å²) in [6.45, 7) is -0.907. The molecule has 0 N–H and O–H groups in total. The van der Waals surface area contributed by atoms with Crippen molar-refractivity contribution in [1.82, 2.24) is 15.0 Å². The first-order chi connectivity index (χ1) is 15.1. The molecule has 2 fully saturated rings. The number of sulfone groups is 1. The Kier molecular flexibility index (Phi) is 5.22. The molecular formula is C19H18F5N3O5S. The number of benzene rings is 1. The highest BCUT2D eigenvalue weighted by Gasteiger charge is 2.65. The smallest absolute Gasteiger partial charge is 0.422 e. The third-order valence-corrected chi connectivity index (χ3v) is 6.79. The molecule has 180 valence electrons. The van der Waals surface area contributed by atoms with Crippen molar-refractivity contribution >= 4 is 15.7 Å². The van der Waals surface area contributed by atoms with Gasteiger partial charge in [-0.2, -0.15) is 26.9 Å². The predicted octanol–water partition coefficient (Wildman–Crippen LogP) is 2.94. The molecule has 1 saturated carbocycles. The fourth-order valence-electron chi connectivity index (χ4n) is 3.94. The Hall–Kier alpha value is -2.77. The highest BCUT2D eigenvalue weighted by Crippen LogP contribution is 2.59. The Balaban J connectivity index is 1.61. The Morgan fingerprint density at radius 2 is 2.00 bits per heavy atom. The molecule has 0 spiro atoms. The standard InChI is InChI=1S/C19H18F5N3O5S/c1-17(20,21)15-25-16(32-26-15)18-6-10(18)7-27(8-18)14(28)12-5-11(33(2,29)30)3-4-13(12)31-9-19(22,23)24/h3-5,10H,6-9H2,1-2H3. The first-order valence-corrected chi connectivity index (χ1v) is 11.5. The van der Waals surface area contributed by atoms with Crippen LogP contribution in [0.2, 0.25) is 0 Å². The van der Waals surface area contributed by atoms with Crippen LogP contribution in [0.1, 0.15) is 35.4 Å². The second-order valence-corrected chi connectivity index (χ2v) is 10.4. The van der Waals surface area contributed by atoms with Crippen molar-refractivity contribution in [3.05, 3.63) is 35.5 Å². The minimum Gasteiger partial charge on any atom is -0.483 e. The van der Waals surface area contributed by atoms with E-state index in [4.69, 9.17) is 9.26 Å². The third-order valence-electron chi connectivity index (χ3n) is 5.68.